The monoisotopic (exact) mass is 311 g/mol. The van der Waals surface area contributed by atoms with E-state index in [-0.39, 0.29) is 11.9 Å². The Bertz CT molecular complexity index is 546. The predicted octanol–water partition coefficient (Wildman–Crippen LogP) is 3.06. The summed E-state index contributed by atoms with van der Waals surface area (Å²) < 4.78 is 19.1. The van der Waals surface area contributed by atoms with E-state index < -0.39 is 0 Å². The van der Waals surface area contributed by atoms with Gasteiger partial charge in [-0.1, -0.05) is 21.1 Å². The second-order valence-corrected chi connectivity index (χ2v) is 5.18. The van der Waals surface area contributed by atoms with Crippen molar-refractivity contribution in [3.05, 3.63) is 34.3 Å². The molecular formula is C12H11BrFN3O. The predicted molar refractivity (Wildman–Crippen MR) is 67.4 cm³/mol. The van der Waals surface area contributed by atoms with Gasteiger partial charge in [0.25, 0.3) is 5.89 Å². The zero-order chi connectivity index (χ0) is 12.5. The molecule has 1 aromatic heterocycles. The number of rotatable bonds is 2. The minimum Gasteiger partial charge on any atom is -0.334 e. The smallest absolute Gasteiger partial charge is 0.258 e. The molecule has 0 radical (unpaired) electrons. The molecule has 0 saturated carbocycles. The maximum absolute atomic E-state index is 13.3. The van der Waals surface area contributed by atoms with E-state index in [0.717, 1.165) is 19.4 Å². The number of nitrogens with one attached hydrogen (secondary N) is 1. The number of nitrogens with zero attached hydrogens (tertiary/aromatic N) is 2. The summed E-state index contributed by atoms with van der Waals surface area (Å²) in [5, 5.41) is 7.24. The number of halogens is 2. The maximum atomic E-state index is 13.3. The van der Waals surface area contributed by atoms with Gasteiger partial charge in [0.2, 0.25) is 0 Å². The van der Waals surface area contributed by atoms with Crippen molar-refractivity contribution in [2.45, 2.75) is 18.9 Å². The van der Waals surface area contributed by atoms with Gasteiger partial charge < -0.3 is 9.84 Å². The molecule has 1 unspecified atom stereocenters. The summed E-state index contributed by atoms with van der Waals surface area (Å²) in [5.74, 6) is 0.653. The molecule has 2 aromatic rings. The molecule has 4 nitrogen and oxygen atoms in total. The van der Waals surface area contributed by atoms with Crippen LogP contribution >= 0.6 is 15.9 Å². The van der Waals surface area contributed by atoms with E-state index in [1.165, 1.54) is 12.1 Å². The van der Waals surface area contributed by atoms with Crippen molar-refractivity contribution in [2.24, 2.45) is 0 Å². The first-order valence-corrected chi connectivity index (χ1v) is 6.55. The molecule has 1 aromatic carbocycles. The third-order valence-corrected chi connectivity index (χ3v) is 3.38. The zero-order valence-electron chi connectivity index (χ0n) is 9.49. The van der Waals surface area contributed by atoms with Crippen molar-refractivity contribution in [1.29, 1.82) is 0 Å². The van der Waals surface area contributed by atoms with Crippen molar-refractivity contribution in [3.63, 3.8) is 0 Å². The third kappa shape index (κ3) is 2.30. The van der Waals surface area contributed by atoms with Crippen LogP contribution < -0.4 is 5.32 Å². The average Bonchev–Trinajstić information content (AvgIpc) is 2.99. The summed E-state index contributed by atoms with van der Waals surface area (Å²) in [6.07, 6.45) is 2.12. The van der Waals surface area contributed by atoms with E-state index in [4.69, 9.17) is 4.52 Å². The van der Waals surface area contributed by atoms with E-state index in [1.807, 2.05) is 0 Å². The van der Waals surface area contributed by atoms with Gasteiger partial charge in [-0.2, -0.15) is 4.98 Å². The van der Waals surface area contributed by atoms with Crippen LogP contribution in [0.4, 0.5) is 4.39 Å². The van der Waals surface area contributed by atoms with E-state index in [2.05, 4.69) is 31.4 Å². The van der Waals surface area contributed by atoms with Crippen LogP contribution in [0.5, 0.6) is 0 Å². The standard InChI is InChI=1S/C12H11BrFN3O/c13-8-4-7(5-9(14)6-8)12-16-11(17-18-12)10-2-1-3-15-10/h4-6,10,15H,1-3H2. The fraction of sp³-hybridized carbons (Fsp3) is 0.333. The van der Waals surface area contributed by atoms with Crippen LogP contribution in [0.1, 0.15) is 24.7 Å². The highest BCUT2D eigenvalue weighted by Gasteiger charge is 2.22. The molecule has 1 N–H and O–H groups in total. The lowest BCUT2D eigenvalue weighted by Crippen LogP contribution is -2.14. The lowest BCUT2D eigenvalue weighted by molar-refractivity contribution is 0.412. The molecule has 0 aliphatic carbocycles. The van der Waals surface area contributed by atoms with Crippen molar-refractivity contribution >= 4 is 15.9 Å². The Hall–Kier alpha value is -1.27. The van der Waals surface area contributed by atoms with Crippen LogP contribution in [0.2, 0.25) is 0 Å². The first-order valence-electron chi connectivity index (χ1n) is 5.76. The Labute approximate surface area is 112 Å². The molecule has 0 bridgehead atoms. The Kier molecular flexibility index (Phi) is 3.13. The normalized spacial score (nSPS) is 19.3. The molecular weight excluding hydrogens is 301 g/mol. The van der Waals surface area contributed by atoms with Crippen molar-refractivity contribution in [3.8, 4) is 11.5 Å². The number of aromatic nitrogens is 2. The molecule has 1 aliphatic heterocycles. The molecule has 1 saturated heterocycles. The first-order chi connectivity index (χ1) is 8.72. The van der Waals surface area contributed by atoms with Gasteiger partial charge in [-0.05, 0) is 37.6 Å². The van der Waals surface area contributed by atoms with Gasteiger partial charge in [0.05, 0.1) is 6.04 Å². The molecule has 3 rings (SSSR count). The van der Waals surface area contributed by atoms with Crippen molar-refractivity contribution < 1.29 is 8.91 Å². The minimum atomic E-state index is -0.335. The maximum Gasteiger partial charge on any atom is 0.258 e. The fourth-order valence-corrected chi connectivity index (χ4v) is 2.54. The fourth-order valence-electron chi connectivity index (χ4n) is 2.08. The molecule has 6 heteroatoms. The van der Waals surface area contributed by atoms with Crippen molar-refractivity contribution in [1.82, 2.24) is 15.5 Å². The largest absolute Gasteiger partial charge is 0.334 e. The highest BCUT2D eigenvalue weighted by molar-refractivity contribution is 9.10. The van der Waals surface area contributed by atoms with Gasteiger partial charge in [-0.15, -0.1) is 0 Å². The minimum absolute atomic E-state index is 0.152. The van der Waals surface area contributed by atoms with Gasteiger partial charge in [0.15, 0.2) is 5.82 Å². The molecule has 0 amide bonds. The summed E-state index contributed by atoms with van der Waals surface area (Å²) in [7, 11) is 0. The Morgan fingerprint density at radius 1 is 1.39 bits per heavy atom. The molecule has 1 aliphatic rings. The Balaban J connectivity index is 1.92. The lowest BCUT2D eigenvalue weighted by Gasteiger charge is -2.01. The Morgan fingerprint density at radius 2 is 2.28 bits per heavy atom. The highest BCUT2D eigenvalue weighted by Crippen LogP contribution is 2.26. The van der Waals surface area contributed by atoms with Crippen LogP contribution in [0.3, 0.4) is 0 Å². The van der Waals surface area contributed by atoms with E-state index >= 15 is 0 Å². The van der Waals surface area contributed by atoms with E-state index in [0.29, 0.717) is 21.8 Å². The van der Waals surface area contributed by atoms with Crippen LogP contribution in [0.25, 0.3) is 11.5 Å². The summed E-state index contributed by atoms with van der Waals surface area (Å²) in [5.41, 5.74) is 0.582. The van der Waals surface area contributed by atoms with Gasteiger partial charge >= 0.3 is 0 Å². The highest BCUT2D eigenvalue weighted by atomic mass is 79.9. The van der Waals surface area contributed by atoms with Gasteiger partial charge in [-0.3, -0.25) is 0 Å². The molecule has 18 heavy (non-hydrogen) atoms. The van der Waals surface area contributed by atoms with Crippen molar-refractivity contribution in [2.75, 3.05) is 6.54 Å². The topological polar surface area (TPSA) is 51.0 Å². The van der Waals surface area contributed by atoms with Gasteiger partial charge in [-0.25, -0.2) is 4.39 Å². The quantitative estimate of drug-likeness (QED) is 0.926. The zero-order valence-corrected chi connectivity index (χ0v) is 11.1. The average molecular weight is 312 g/mol. The van der Waals surface area contributed by atoms with Gasteiger partial charge in [0.1, 0.15) is 5.82 Å². The molecule has 0 spiro atoms. The van der Waals surface area contributed by atoms with Crippen LogP contribution in [0.15, 0.2) is 27.2 Å². The van der Waals surface area contributed by atoms with Crippen LogP contribution in [0, 0.1) is 5.82 Å². The summed E-state index contributed by atoms with van der Waals surface area (Å²) in [6.45, 7) is 0.972. The third-order valence-electron chi connectivity index (χ3n) is 2.92. The number of benzene rings is 1. The summed E-state index contributed by atoms with van der Waals surface area (Å²) in [4.78, 5) is 4.32. The first kappa shape index (κ1) is 11.8. The van der Waals surface area contributed by atoms with Gasteiger partial charge in [0, 0.05) is 10.0 Å². The van der Waals surface area contributed by atoms with E-state index in [9.17, 15) is 4.39 Å². The SMILES string of the molecule is Fc1cc(Br)cc(-c2nc(C3CCCN3)no2)c1. The molecule has 94 valence electrons. The molecule has 1 atom stereocenters. The lowest BCUT2D eigenvalue weighted by atomic mass is 10.2. The summed E-state index contributed by atoms with van der Waals surface area (Å²) in [6, 6.07) is 4.67. The number of hydrogen-bond acceptors (Lipinski definition) is 4. The number of hydrogen-bond donors (Lipinski definition) is 1. The Morgan fingerprint density at radius 3 is 3.00 bits per heavy atom. The molecule has 1 fully saturated rings. The van der Waals surface area contributed by atoms with Crippen LogP contribution in [-0.4, -0.2) is 16.7 Å². The second-order valence-electron chi connectivity index (χ2n) is 4.26. The van der Waals surface area contributed by atoms with E-state index in [1.54, 1.807) is 6.07 Å². The second kappa shape index (κ2) is 4.78. The van der Waals surface area contributed by atoms with Crippen LogP contribution in [-0.2, 0) is 0 Å². The molecule has 2 heterocycles. The summed E-state index contributed by atoms with van der Waals surface area (Å²) >= 11 is 3.24.